The van der Waals surface area contributed by atoms with Crippen LogP contribution in [0.4, 0.5) is 9.18 Å². The van der Waals surface area contributed by atoms with Gasteiger partial charge in [0.15, 0.2) is 0 Å². The van der Waals surface area contributed by atoms with Gasteiger partial charge in [0.05, 0.1) is 16.7 Å². The summed E-state index contributed by atoms with van der Waals surface area (Å²) in [5.74, 6) is -0.477. The van der Waals surface area contributed by atoms with E-state index in [4.69, 9.17) is 0 Å². The van der Waals surface area contributed by atoms with E-state index in [1.54, 1.807) is 24.3 Å². The molecule has 2 aliphatic heterocycles. The van der Waals surface area contributed by atoms with Crippen LogP contribution in [-0.2, 0) is 14.8 Å². The molecule has 1 atom stereocenters. The number of imide groups is 1. The number of hydrogen-bond donors (Lipinski definition) is 0. The van der Waals surface area contributed by atoms with Crippen LogP contribution in [0.2, 0.25) is 0 Å². The van der Waals surface area contributed by atoms with Gasteiger partial charge in [-0.3, -0.25) is 14.5 Å². The summed E-state index contributed by atoms with van der Waals surface area (Å²) in [5, 5.41) is -0.308. The van der Waals surface area contributed by atoms with Gasteiger partial charge in [-0.15, -0.1) is 0 Å². The molecule has 9 heteroatoms. The molecule has 2 saturated heterocycles. The van der Waals surface area contributed by atoms with Crippen LogP contribution in [0.3, 0.4) is 0 Å². The highest BCUT2D eigenvalue weighted by atomic mass is 32.2. The molecule has 0 N–H and O–H groups in total. The smallest absolute Gasteiger partial charge is 0.273 e. The van der Waals surface area contributed by atoms with Crippen molar-refractivity contribution in [2.45, 2.75) is 17.4 Å². The third kappa shape index (κ3) is 3.45. The maximum atomic E-state index is 13.1. The lowest BCUT2D eigenvalue weighted by atomic mass is 10.1. The van der Waals surface area contributed by atoms with Crippen molar-refractivity contribution in [1.29, 1.82) is 0 Å². The molecule has 1 unspecified atom stereocenters. The van der Waals surface area contributed by atoms with Crippen molar-refractivity contribution in [2.24, 2.45) is 0 Å². The number of halogens is 1. The Morgan fingerprint density at radius 3 is 2.14 bits per heavy atom. The van der Waals surface area contributed by atoms with E-state index in [0.29, 0.717) is 6.42 Å². The molecule has 0 bridgehead atoms. The van der Waals surface area contributed by atoms with Crippen molar-refractivity contribution in [3.8, 4) is 11.1 Å². The summed E-state index contributed by atoms with van der Waals surface area (Å²) >= 11 is 0.952. The van der Waals surface area contributed by atoms with E-state index in [9.17, 15) is 22.4 Å². The SMILES string of the molecule is O=C1CSC(=O)N1C1CCN(S(=O)(=O)c2ccc(-c3ccc(F)cc3)cc2)C1. The van der Waals surface area contributed by atoms with Gasteiger partial charge in [-0.25, -0.2) is 12.8 Å². The van der Waals surface area contributed by atoms with Crippen molar-refractivity contribution in [3.05, 3.63) is 54.3 Å². The largest absolute Gasteiger partial charge is 0.289 e. The van der Waals surface area contributed by atoms with E-state index in [2.05, 4.69) is 0 Å². The highest BCUT2D eigenvalue weighted by molar-refractivity contribution is 8.14. The molecule has 2 aromatic rings. The van der Waals surface area contributed by atoms with Gasteiger partial charge in [0.25, 0.3) is 5.24 Å². The van der Waals surface area contributed by atoms with Gasteiger partial charge in [-0.05, 0) is 41.8 Å². The number of nitrogens with zero attached hydrogens (tertiary/aromatic N) is 2. The molecule has 0 aliphatic carbocycles. The lowest BCUT2D eigenvalue weighted by molar-refractivity contribution is -0.126. The van der Waals surface area contributed by atoms with E-state index in [0.717, 1.165) is 22.9 Å². The van der Waals surface area contributed by atoms with Crippen LogP contribution in [0.25, 0.3) is 11.1 Å². The summed E-state index contributed by atoms with van der Waals surface area (Å²) in [6.45, 7) is 0.370. The van der Waals surface area contributed by atoms with Gasteiger partial charge in [-0.2, -0.15) is 4.31 Å². The Balaban J connectivity index is 1.51. The molecule has 2 amide bonds. The first-order valence-corrected chi connectivity index (χ1v) is 11.1. The fraction of sp³-hybridized carbons (Fsp3) is 0.263. The quantitative estimate of drug-likeness (QED) is 0.760. The Morgan fingerprint density at radius 2 is 1.57 bits per heavy atom. The fourth-order valence-corrected chi connectivity index (χ4v) is 5.74. The first-order valence-electron chi connectivity index (χ1n) is 8.71. The van der Waals surface area contributed by atoms with Crippen LogP contribution in [-0.4, -0.2) is 53.7 Å². The average molecular weight is 420 g/mol. The van der Waals surface area contributed by atoms with Gasteiger partial charge in [0.2, 0.25) is 15.9 Å². The summed E-state index contributed by atoms with van der Waals surface area (Å²) < 4.78 is 40.2. The zero-order chi connectivity index (χ0) is 19.9. The van der Waals surface area contributed by atoms with Crippen LogP contribution in [0.1, 0.15) is 6.42 Å². The lowest BCUT2D eigenvalue weighted by Crippen LogP contribution is -2.41. The van der Waals surface area contributed by atoms with E-state index in [1.165, 1.54) is 33.5 Å². The standard InChI is InChI=1S/C19H17FN2O4S2/c20-15-5-1-13(2-6-15)14-3-7-17(8-4-14)28(25,26)21-10-9-16(11-21)22-18(23)12-27-19(22)24/h1-8,16H,9-12H2. The highest BCUT2D eigenvalue weighted by Gasteiger charge is 2.42. The monoisotopic (exact) mass is 420 g/mol. The van der Waals surface area contributed by atoms with Crippen LogP contribution in [0.15, 0.2) is 53.4 Å². The van der Waals surface area contributed by atoms with E-state index < -0.39 is 16.1 Å². The predicted octanol–water partition coefficient (Wildman–Crippen LogP) is 2.95. The Hall–Kier alpha value is -2.23. The van der Waals surface area contributed by atoms with E-state index in [1.807, 2.05) is 0 Å². The van der Waals surface area contributed by atoms with Crippen molar-refractivity contribution in [3.63, 3.8) is 0 Å². The third-order valence-electron chi connectivity index (χ3n) is 4.95. The molecule has 0 aromatic heterocycles. The second-order valence-electron chi connectivity index (χ2n) is 6.66. The molecular formula is C19H17FN2O4S2. The number of benzene rings is 2. The van der Waals surface area contributed by atoms with Crippen molar-refractivity contribution < 1.29 is 22.4 Å². The molecule has 2 heterocycles. The number of hydrogen-bond acceptors (Lipinski definition) is 5. The summed E-state index contributed by atoms with van der Waals surface area (Å²) in [7, 11) is -3.72. The maximum Gasteiger partial charge on any atom is 0.289 e. The topological polar surface area (TPSA) is 74.8 Å². The summed E-state index contributed by atoms with van der Waals surface area (Å²) in [4.78, 5) is 25.1. The number of carbonyl (C=O) groups is 2. The fourth-order valence-electron chi connectivity index (χ4n) is 3.47. The molecular weight excluding hydrogens is 403 g/mol. The molecule has 2 aromatic carbocycles. The van der Waals surface area contributed by atoms with E-state index in [-0.39, 0.29) is 40.7 Å². The minimum atomic E-state index is -3.72. The predicted molar refractivity (Wildman–Crippen MR) is 104 cm³/mol. The minimum Gasteiger partial charge on any atom is -0.273 e. The lowest BCUT2D eigenvalue weighted by Gasteiger charge is -2.21. The Morgan fingerprint density at radius 1 is 0.964 bits per heavy atom. The molecule has 28 heavy (non-hydrogen) atoms. The number of amides is 2. The van der Waals surface area contributed by atoms with Gasteiger partial charge in [0.1, 0.15) is 5.82 Å². The van der Waals surface area contributed by atoms with Crippen LogP contribution in [0.5, 0.6) is 0 Å². The van der Waals surface area contributed by atoms with Gasteiger partial charge >= 0.3 is 0 Å². The third-order valence-corrected chi connectivity index (χ3v) is 7.66. The second kappa shape index (κ2) is 7.31. The Bertz CT molecular complexity index is 1010. The van der Waals surface area contributed by atoms with Gasteiger partial charge in [-0.1, -0.05) is 36.0 Å². The highest BCUT2D eigenvalue weighted by Crippen LogP contribution is 2.30. The second-order valence-corrected chi connectivity index (χ2v) is 9.52. The summed E-state index contributed by atoms with van der Waals surface area (Å²) in [6.07, 6.45) is 0.435. The van der Waals surface area contributed by atoms with Gasteiger partial charge in [0, 0.05) is 13.1 Å². The minimum absolute atomic E-state index is 0.111. The molecule has 4 rings (SSSR count). The van der Waals surface area contributed by atoms with Crippen molar-refractivity contribution in [1.82, 2.24) is 9.21 Å². The summed E-state index contributed by atoms with van der Waals surface area (Å²) in [5.41, 5.74) is 1.57. The summed E-state index contributed by atoms with van der Waals surface area (Å²) in [6, 6.07) is 11.9. The zero-order valence-electron chi connectivity index (χ0n) is 14.7. The molecule has 146 valence electrons. The van der Waals surface area contributed by atoms with Gasteiger partial charge < -0.3 is 0 Å². The maximum absolute atomic E-state index is 13.1. The van der Waals surface area contributed by atoms with E-state index >= 15 is 0 Å². The number of rotatable bonds is 4. The average Bonchev–Trinajstić information content (AvgIpc) is 3.29. The first kappa shape index (κ1) is 19.1. The first-order chi connectivity index (χ1) is 13.4. The number of sulfonamides is 1. The van der Waals surface area contributed by atoms with Crippen LogP contribution < -0.4 is 0 Å². The number of thioether (sulfide) groups is 1. The normalized spacial score (nSPS) is 20.9. The Labute approximate surface area is 166 Å². The van der Waals surface area contributed by atoms with Crippen molar-refractivity contribution >= 4 is 32.9 Å². The molecule has 2 aliphatic rings. The zero-order valence-corrected chi connectivity index (χ0v) is 16.4. The molecule has 2 fully saturated rings. The molecule has 0 spiro atoms. The van der Waals surface area contributed by atoms with Crippen molar-refractivity contribution in [2.75, 3.05) is 18.8 Å². The molecule has 6 nitrogen and oxygen atoms in total. The van der Waals surface area contributed by atoms with Crippen LogP contribution in [0, 0.1) is 5.82 Å². The Kier molecular flexibility index (Phi) is 4.98. The molecule has 0 saturated carbocycles. The number of carbonyl (C=O) groups excluding carboxylic acids is 2. The molecule has 0 radical (unpaired) electrons. The van der Waals surface area contributed by atoms with Crippen LogP contribution >= 0.6 is 11.8 Å².